The van der Waals surface area contributed by atoms with Crippen molar-refractivity contribution in [1.82, 2.24) is 9.97 Å². The smallest absolute Gasteiger partial charge is 0.418 e. The molecule has 196 valence electrons. The van der Waals surface area contributed by atoms with E-state index in [1.165, 1.54) is 19.2 Å². The van der Waals surface area contributed by atoms with Crippen LogP contribution in [0.1, 0.15) is 5.56 Å². The Morgan fingerprint density at radius 3 is 2.33 bits per heavy atom. The number of rotatable bonds is 10. The van der Waals surface area contributed by atoms with Crippen molar-refractivity contribution in [3.63, 3.8) is 0 Å². The highest BCUT2D eigenvalue weighted by Crippen LogP contribution is 2.39. The summed E-state index contributed by atoms with van der Waals surface area (Å²) in [5.74, 6) is -1.31. The Hall–Kier alpha value is -3.33. The van der Waals surface area contributed by atoms with E-state index in [9.17, 15) is 37.3 Å². The van der Waals surface area contributed by atoms with Gasteiger partial charge in [-0.15, -0.1) is 0 Å². The first-order chi connectivity index (χ1) is 17.0. The van der Waals surface area contributed by atoms with E-state index in [1.807, 2.05) is 0 Å². The Labute approximate surface area is 200 Å². The SMILES string of the molecule is COc1cc2c(Nc3ccc(F)cc3C(F)(F)F)ncnc2cc1O[C@H](CO)[C@H](O)[C@@H](O)[C@H](F)CO. The number of aliphatic hydroxyl groups excluding tert-OH is 4. The molecule has 0 spiro atoms. The molecule has 0 aliphatic heterocycles. The van der Waals surface area contributed by atoms with Crippen molar-refractivity contribution >= 4 is 22.4 Å². The van der Waals surface area contributed by atoms with Gasteiger partial charge in [-0.25, -0.2) is 18.7 Å². The van der Waals surface area contributed by atoms with Gasteiger partial charge in [-0.3, -0.25) is 0 Å². The maximum Gasteiger partial charge on any atom is 0.418 e. The van der Waals surface area contributed by atoms with Gasteiger partial charge in [-0.05, 0) is 24.3 Å². The molecule has 4 atom stereocenters. The zero-order valence-corrected chi connectivity index (χ0v) is 18.6. The lowest BCUT2D eigenvalue weighted by Gasteiger charge is -2.28. The first-order valence-corrected chi connectivity index (χ1v) is 10.3. The predicted octanol–water partition coefficient (Wildman–Crippen LogP) is 2.33. The molecule has 2 aromatic carbocycles. The van der Waals surface area contributed by atoms with Crippen LogP contribution in [0.15, 0.2) is 36.7 Å². The third-order valence-electron chi connectivity index (χ3n) is 5.19. The number of fused-ring (bicyclic) bond motifs is 1. The molecule has 0 saturated heterocycles. The van der Waals surface area contributed by atoms with Crippen molar-refractivity contribution in [3.05, 3.63) is 48.0 Å². The number of nitrogens with zero attached hydrogens (tertiary/aromatic N) is 2. The summed E-state index contributed by atoms with van der Waals surface area (Å²) in [7, 11) is 1.23. The summed E-state index contributed by atoms with van der Waals surface area (Å²) in [5, 5.41) is 41.1. The molecular weight excluding hydrogens is 497 g/mol. The standard InChI is InChI=1S/C22H22F5N3O6/c1-35-16-5-11-15(6-17(16)36-18(8-32)20(34)19(33)13(24)7-31)28-9-29-21(11)30-14-3-2-10(23)4-12(14)22(25,26)27/h2-6,9,13,18-20,31-34H,7-8H2,1H3,(H,28,29,30)/t13-,18-,19+,20+/m1/s1. The molecule has 0 saturated carbocycles. The second-order valence-electron chi connectivity index (χ2n) is 7.57. The molecule has 0 aliphatic rings. The number of alkyl halides is 4. The van der Waals surface area contributed by atoms with Gasteiger partial charge in [0.25, 0.3) is 0 Å². The fourth-order valence-electron chi connectivity index (χ4n) is 3.32. The Morgan fingerprint density at radius 2 is 1.72 bits per heavy atom. The van der Waals surface area contributed by atoms with Gasteiger partial charge in [0.2, 0.25) is 0 Å². The average Bonchev–Trinajstić information content (AvgIpc) is 2.85. The number of methoxy groups -OCH3 is 1. The summed E-state index contributed by atoms with van der Waals surface area (Å²) in [6, 6.07) is 4.65. The van der Waals surface area contributed by atoms with Crippen LogP contribution in [0.25, 0.3) is 10.9 Å². The largest absolute Gasteiger partial charge is 0.493 e. The summed E-state index contributed by atoms with van der Waals surface area (Å²) in [6.07, 6.45) is -11.6. The van der Waals surface area contributed by atoms with Crippen LogP contribution in [0.3, 0.4) is 0 Å². The van der Waals surface area contributed by atoms with E-state index >= 15 is 0 Å². The summed E-state index contributed by atoms with van der Waals surface area (Å²) in [4.78, 5) is 7.98. The van der Waals surface area contributed by atoms with Crippen LogP contribution < -0.4 is 14.8 Å². The van der Waals surface area contributed by atoms with Crippen LogP contribution in [0.5, 0.6) is 11.5 Å². The van der Waals surface area contributed by atoms with Crippen molar-refractivity contribution in [1.29, 1.82) is 0 Å². The highest BCUT2D eigenvalue weighted by Gasteiger charge is 2.35. The number of hydrogen-bond donors (Lipinski definition) is 5. The fraction of sp³-hybridized carbons (Fsp3) is 0.364. The second-order valence-corrected chi connectivity index (χ2v) is 7.57. The molecule has 0 fully saturated rings. The fourth-order valence-corrected chi connectivity index (χ4v) is 3.32. The molecule has 0 unspecified atom stereocenters. The number of anilines is 2. The number of halogens is 5. The van der Waals surface area contributed by atoms with Crippen LogP contribution in [-0.4, -0.2) is 75.2 Å². The molecule has 0 bridgehead atoms. The molecule has 3 aromatic rings. The Kier molecular flexibility index (Phi) is 8.45. The molecule has 36 heavy (non-hydrogen) atoms. The maximum absolute atomic E-state index is 13.6. The van der Waals surface area contributed by atoms with E-state index < -0.39 is 60.9 Å². The normalized spacial score (nSPS) is 15.3. The van der Waals surface area contributed by atoms with Gasteiger partial charge in [-0.1, -0.05) is 0 Å². The van der Waals surface area contributed by atoms with E-state index in [1.54, 1.807) is 0 Å². The highest BCUT2D eigenvalue weighted by molar-refractivity contribution is 5.93. The Bertz CT molecular complexity index is 1200. The third-order valence-corrected chi connectivity index (χ3v) is 5.19. The molecule has 14 heteroatoms. The van der Waals surface area contributed by atoms with E-state index in [0.717, 1.165) is 18.5 Å². The summed E-state index contributed by atoms with van der Waals surface area (Å²) in [5.41, 5.74) is -1.59. The van der Waals surface area contributed by atoms with Gasteiger partial charge in [0.1, 0.15) is 30.2 Å². The van der Waals surface area contributed by atoms with Gasteiger partial charge < -0.3 is 35.2 Å². The summed E-state index contributed by atoms with van der Waals surface area (Å²) >= 11 is 0. The Morgan fingerprint density at radius 1 is 1.00 bits per heavy atom. The Balaban J connectivity index is 1.99. The monoisotopic (exact) mass is 519 g/mol. The highest BCUT2D eigenvalue weighted by atomic mass is 19.4. The van der Waals surface area contributed by atoms with E-state index in [-0.39, 0.29) is 28.2 Å². The van der Waals surface area contributed by atoms with Crippen LogP contribution in [0, 0.1) is 5.82 Å². The molecule has 9 nitrogen and oxygen atoms in total. The van der Waals surface area contributed by atoms with E-state index in [0.29, 0.717) is 6.07 Å². The van der Waals surface area contributed by atoms with Crippen LogP contribution in [-0.2, 0) is 6.18 Å². The van der Waals surface area contributed by atoms with Crippen LogP contribution >= 0.6 is 0 Å². The van der Waals surface area contributed by atoms with Crippen LogP contribution in [0.2, 0.25) is 0 Å². The minimum Gasteiger partial charge on any atom is -0.493 e. The zero-order valence-electron chi connectivity index (χ0n) is 18.6. The molecule has 3 rings (SSSR count). The lowest BCUT2D eigenvalue weighted by atomic mass is 10.0. The van der Waals surface area contributed by atoms with Crippen molar-refractivity contribution < 1.29 is 51.9 Å². The number of aliphatic hydroxyl groups is 4. The minimum atomic E-state index is -4.86. The van der Waals surface area contributed by atoms with Gasteiger partial charge in [0.05, 0.1) is 37.1 Å². The van der Waals surface area contributed by atoms with Crippen molar-refractivity contribution in [2.75, 3.05) is 25.6 Å². The zero-order chi connectivity index (χ0) is 26.6. The minimum absolute atomic E-state index is 0.0328. The lowest BCUT2D eigenvalue weighted by molar-refractivity contribution is -0.137. The average molecular weight is 519 g/mol. The number of aromatic nitrogens is 2. The number of nitrogens with one attached hydrogen (secondary N) is 1. The molecular formula is C22H22F5N3O6. The maximum atomic E-state index is 13.6. The molecule has 1 heterocycles. The molecule has 1 aromatic heterocycles. The van der Waals surface area contributed by atoms with E-state index in [2.05, 4.69) is 15.3 Å². The first kappa shape index (κ1) is 27.3. The summed E-state index contributed by atoms with van der Waals surface area (Å²) < 4.78 is 77.9. The van der Waals surface area contributed by atoms with Gasteiger partial charge in [-0.2, -0.15) is 13.2 Å². The molecule has 0 aliphatic carbocycles. The lowest BCUT2D eigenvalue weighted by Crippen LogP contribution is -2.48. The quantitative estimate of drug-likeness (QED) is 0.256. The number of hydrogen-bond acceptors (Lipinski definition) is 9. The second kappa shape index (κ2) is 11.2. The van der Waals surface area contributed by atoms with Gasteiger partial charge in [0, 0.05) is 11.5 Å². The molecule has 0 amide bonds. The van der Waals surface area contributed by atoms with E-state index in [4.69, 9.17) is 14.6 Å². The number of ether oxygens (including phenoxy) is 2. The van der Waals surface area contributed by atoms with Crippen LogP contribution in [0.4, 0.5) is 33.5 Å². The molecule has 5 N–H and O–H groups in total. The predicted molar refractivity (Wildman–Crippen MR) is 116 cm³/mol. The number of benzene rings is 2. The van der Waals surface area contributed by atoms with Gasteiger partial charge >= 0.3 is 6.18 Å². The van der Waals surface area contributed by atoms with Crippen molar-refractivity contribution in [2.45, 2.75) is 30.7 Å². The molecule has 0 radical (unpaired) electrons. The third kappa shape index (κ3) is 5.90. The first-order valence-electron chi connectivity index (χ1n) is 10.3. The van der Waals surface area contributed by atoms with Gasteiger partial charge in [0.15, 0.2) is 23.8 Å². The van der Waals surface area contributed by atoms with Crippen molar-refractivity contribution in [3.8, 4) is 11.5 Å². The van der Waals surface area contributed by atoms with Crippen molar-refractivity contribution in [2.24, 2.45) is 0 Å². The summed E-state index contributed by atoms with van der Waals surface area (Å²) in [6.45, 7) is -1.94. The topological polar surface area (TPSA) is 137 Å².